The summed E-state index contributed by atoms with van der Waals surface area (Å²) in [5.41, 5.74) is 0. The molecule has 2 aliphatic rings. The minimum Gasteiger partial charge on any atom is -0.390 e. The van der Waals surface area contributed by atoms with Gasteiger partial charge in [-0.1, -0.05) is 19.3 Å². The maximum Gasteiger partial charge on any atom is 0.243 e. The molecule has 1 unspecified atom stereocenters. The van der Waals surface area contributed by atoms with Crippen molar-refractivity contribution in [1.82, 2.24) is 9.21 Å². The summed E-state index contributed by atoms with van der Waals surface area (Å²) in [5, 5.41) is 10.3. The number of aliphatic hydroxyl groups excluding tert-OH is 1. The quantitative estimate of drug-likeness (QED) is 0.871. The first-order valence-electron chi connectivity index (χ1n) is 8.61. The predicted molar refractivity (Wildman–Crippen MR) is 89.8 cm³/mol. The van der Waals surface area contributed by atoms with E-state index in [1.54, 1.807) is 4.90 Å². The summed E-state index contributed by atoms with van der Waals surface area (Å²) in [6.07, 6.45) is 4.08. The van der Waals surface area contributed by atoms with Crippen LogP contribution in [0, 0.1) is 5.82 Å². The molecule has 8 heteroatoms. The molecule has 3 rings (SSSR count). The molecule has 1 heterocycles. The molecule has 1 saturated carbocycles. The Bertz CT molecular complexity index is 717. The summed E-state index contributed by atoms with van der Waals surface area (Å²) < 4.78 is 39.5. The molecular formula is C17H23FN2O4S. The highest BCUT2D eigenvalue weighted by Crippen LogP contribution is 2.25. The van der Waals surface area contributed by atoms with Crippen LogP contribution in [0.25, 0.3) is 0 Å². The van der Waals surface area contributed by atoms with Gasteiger partial charge in [0.25, 0.3) is 0 Å². The molecule has 1 amide bonds. The molecule has 1 aliphatic carbocycles. The number of β-amino-alcohol motifs (C(OH)–C–C–N with tert-alkyl or cyclic N) is 1. The standard InChI is InChI=1S/C17H23FN2O4S/c18-13-6-8-16(9-7-13)25(23,24)19-10-15(21)11-20(17(22)12-19)14-4-2-1-3-5-14/h6-9,14-15,21H,1-5,10-12H2. The van der Waals surface area contributed by atoms with Gasteiger partial charge in [0.2, 0.25) is 15.9 Å². The lowest BCUT2D eigenvalue weighted by Crippen LogP contribution is -2.45. The maximum atomic E-state index is 13.1. The van der Waals surface area contributed by atoms with Crippen molar-refractivity contribution >= 4 is 15.9 Å². The van der Waals surface area contributed by atoms with E-state index >= 15 is 0 Å². The summed E-state index contributed by atoms with van der Waals surface area (Å²) in [6.45, 7) is -0.291. The molecule has 0 bridgehead atoms. The van der Waals surface area contributed by atoms with E-state index in [1.165, 1.54) is 12.1 Å². The van der Waals surface area contributed by atoms with Crippen LogP contribution in [-0.2, 0) is 14.8 Å². The van der Waals surface area contributed by atoms with E-state index in [4.69, 9.17) is 0 Å². The topological polar surface area (TPSA) is 77.9 Å². The molecular weight excluding hydrogens is 347 g/mol. The zero-order chi connectivity index (χ0) is 18.0. The van der Waals surface area contributed by atoms with E-state index in [0.29, 0.717) is 0 Å². The zero-order valence-corrected chi connectivity index (χ0v) is 14.8. The Hall–Kier alpha value is -1.51. The maximum absolute atomic E-state index is 13.1. The number of benzene rings is 1. The summed E-state index contributed by atoms with van der Waals surface area (Å²) >= 11 is 0. The van der Waals surface area contributed by atoms with Crippen molar-refractivity contribution in [2.75, 3.05) is 19.6 Å². The average Bonchev–Trinajstić information content (AvgIpc) is 2.75. The lowest BCUT2D eigenvalue weighted by atomic mass is 9.94. The molecule has 2 fully saturated rings. The number of amides is 1. The van der Waals surface area contributed by atoms with Crippen LogP contribution in [0.5, 0.6) is 0 Å². The zero-order valence-electron chi connectivity index (χ0n) is 14.0. The van der Waals surface area contributed by atoms with Gasteiger partial charge in [0.05, 0.1) is 17.5 Å². The average molecular weight is 370 g/mol. The Balaban J connectivity index is 1.81. The second-order valence-corrected chi connectivity index (χ2v) is 8.68. The monoisotopic (exact) mass is 370 g/mol. The van der Waals surface area contributed by atoms with Gasteiger partial charge in [-0.3, -0.25) is 4.79 Å². The first-order chi connectivity index (χ1) is 11.9. The molecule has 25 heavy (non-hydrogen) atoms. The minimum atomic E-state index is -3.96. The molecule has 1 N–H and O–H groups in total. The van der Waals surface area contributed by atoms with Crippen molar-refractivity contribution in [3.8, 4) is 0 Å². The fourth-order valence-corrected chi connectivity index (χ4v) is 5.04. The van der Waals surface area contributed by atoms with Crippen LogP contribution in [0.2, 0.25) is 0 Å². The Morgan fingerprint density at radius 2 is 1.68 bits per heavy atom. The molecule has 138 valence electrons. The van der Waals surface area contributed by atoms with Gasteiger partial charge in [-0.2, -0.15) is 4.31 Å². The van der Waals surface area contributed by atoms with E-state index in [9.17, 15) is 22.7 Å². The van der Waals surface area contributed by atoms with Gasteiger partial charge < -0.3 is 10.0 Å². The van der Waals surface area contributed by atoms with Crippen molar-refractivity contribution in [2.45, 2.75) is 49.1 Å². The fourth-order valence-electron chi connectivity index (χ4n) is 3.61. The highest BCUT2D eigenvalue weighted by molar-refractivity contribution is 7.89. The van der Waals surface area contributed by atoms with Gasteiger partial charge in [-0.05, 0) is 37.1 Å². The third kappa shape index (κ3) is 4.02. The number of carbonyl (C=O) groups excluding carboxylic acids is 1. The van der Waals surface area contributed by atoms with Gasteiger partial charge in [-0.15, -0.1) is 0 Å². The first-order valence-corrected chi connectivity index (χ1v) is 10.0. The van der Waals surface area contributed by atoms with Crippen molar-refractivity contribution in [3.63, 3.8) is 0 Å². The second-order valence-electron chi connectivity index (χ2n) is 6.74. The molecule has 0 radical (unpaired) electrons. The molecule has 1 atom stereocenters. The predicted octanol–water partition coefficient (Wildman–Crippen LogP) is 1.35. The highest BCUT2D eigenvalue weighted by Gasteiger charge is 2.36. The summed E-state index contributed by atoms with van der Waals surface area (Å²) in [4.78, 5) is 14.2. The smallest absolute Gasteiger partial charge is 0.243 e. The minimum absolute atomic E-state index is 0.0735. The molecule has 1 saturated heterocycles. The van der Waals surface area contributed by atoms with E-state index in [1.807, 2.05) is 0 Å². The number of hydrogen-bond acceptors (Lipinski definition) is 4. The lowest BCUT2D eigenvalue weighted by molar-refractivity contribution is -0.134. The SMILES string of the molecule is O=C1CN(S(=O)(=O)c2ccc(F)cc2)CC(O)CN1C1CCCCC1. The first kappa shape index (κ1) is 18.3. The van der Waals surface area contributed by atoms with Crippen LogP contribution in [0.1, 0.15) is 32.1 Å². The number of carbonyl (C=O) groups is 1. The molecule has 0 spiro atoms. The Morgan fingerprint density at radius 1 is 1.04 bits per heavy atom. The van der Waals surface area contributed by atoms with E-state index in [-0.39, 0.29) is 36.5 Å². The van der Waals surface area contributed by atoms with E-state index in [0.717, 1.165) is 48.5 Å². The van der Waals surface area contributed by atoms with Crippen LogP contribution in [0.4, 0.5) is 4.39 Å². The van der Waals surface area contributed by atoms with Crippen molar-refractivity contribution < 1.29 is 22.7 Å². The van der Waals surface area contributed by atoms with Crippen LogP contribution in [-0.4, -0.2) is 60.4 Å². The van der Waals surface area contributed by atoms with Crippen molar-refractivity contribution in [3.05, 3.63) is 30.1 Å². The second kappa shape index (κ2) is 7.39. The van der Waals surface area contributed by atoms with Crippen LogP contribution in [0.3, 0.4) is 0 Å². The number of rotatable bonds is 3. The van der Waals surface area contributed by atoms with Crippen molar-refractivity contribution in [2.24, 2.45) is 0 Å². The van der Waals surface area contributed by atoms with Crippen LogP contribution in [0.15, 0.2) is 29.2 Å². The molecule has 6 nitrogen and oxygen atoms in total. The third-order valence-corrected chi connectivity index (χ3v) is 6.75. The van der Waals surface area contributed by atoms with Crippen LogP contribution < -0.4 is 0 Å². The van der Waals surface area contributed by atoms with Gasteiger partial charge in [0.1, 0.15) is 5.82 Å². The lowest BCUT2D eigenvalue weighted by Gasteiger charge is -2.34. The third-order valence-electron chi connectivity index (χ3n) is 4.92. The van der Waals surface area contributed by atoms with Crippen molar-refractivity contribution in [1.29, 1.82) is 0 Å². The molecule has 0 aromatic heterocycles. The van der Waals surface area contributed by atoms with Gasteiger partial charge in [0.15, 0.2) is 0 Å². The van der Waals surface area contributed by atoms with E-state index in [2.05, 4.69) is 0 Å². The van der Waals surface area contributed by atoms with E-state index < -0.39 is 21.9 Å². The molecule has 1 aromatic carbocycles. The van der Waals surface area contributed by atoms with Gasteiger partial charge in [0, 0.05) is 19.1 Å². The molecule has 1 aromatic rings. The Labute approximate surface area is 147 Å². The van der Waals surface area contributed by atoms with Crippen LogP contribution >= 0.6 is 0 Å². The number of halogens is 1. The fraction of sp³-hybridized carbons (Fsp3) is 0.588. The van der Waals surface area contributed by atoms with Gasteiger partial charge >= 0.3 is 0 Å². The number of aliphatic hydroxyl groups is 1. The van der Waals surface area contributed by atoms with Gasteiger partial charge in [-0.25, -0.2) is 12.8 Å². The highest BCUT2D eigenvalue weighted by atomic mass is 32.2. The summed E-state index contributed by atoms with van der Waals surface area (Å²) in [6, 6.07) is 4.55. The normalized spacial score (nSPS) is 24.3. The summed E-state index contributed by atoms with van der Waals surface area (Å²) in [7, 11) is -3.96. The Kier molecular flexibility index (Phi) is 5.41. The number of hydrogen-bond donors (Lipinski definition) is 1. The number of sulfonamides is 1. The largest absolute Gasteiger partial charge is 0.390 e. The number of nitrogens with zero attached hydrogens (tertiary/aromatic N) is 2. The summed E-state index contributed by atoms with van der Waals surface area (Å²) in [5.74, 6) is -0.816. The molecule has 1 aliphatic heterocycles. The Morgan fingerprint density at radius 3 is 2.32 bits per heavy atom.